The number of nitro groups is 1. The number of hydrogen-bond acceptors (Lipinski definition) is 9. The number of nitrogens with zero attached hydrogens (tertiary/aromatic N) is 8. The van der Waals surface area contributed by atoms with E-state index in [4.69, 9.17) is 0 Å². The second kappa shape index (κ2) is 10.3. The van der Waals surface area contributed by atoms with Crippen LogP contribution < -0.4 is 5.32 Å². The first kappa shape index (κ1) is 24.2. The Balaban J connectivity index is 1.39. The lowest BCUT2D eigenvalue weighted by Gasteiger charge is -2.21. The Labute approximate surface area is 226 Å². The van der Waals surface area contributed by atoms with Crippen LogP contribution in [0, 0.1) is 10.1 Å². The molecule has 0 spiro atoms. The molecule has 3 heterocycles. The summed E-state index contributed by atoms with van der Waals surface area (Å²) < 4.78 is 3.52. The number of fused-ring (bicyclic) bond motifs is 1. The fourth-order valence-corrected chi connectivity index (χ4v) is 5.10. The van der Waals surface area contributed by atoms with E-state index in [0.29, 0.717) is 32.8 Å². The summed E-state index contributed by atoms with van der Waals surface area (Å²) in [6.07, 6.45) is 1.07. The lowest BCUT2D eigenvalue weighted by atomic mass is 10.1. The molecule has 1 N–H and O–H groups in total. The topological polar surface area (TPSA) is 129 Å². The Morgan fingerprint density at radius 2 is 1.72 bits per heavy atom. The average molecular weight is 536 g/mol. The number of pyridine rings is 1. The van der Waals surface area contributed by atoms with Gasteiger partial charge in [-0.05, 0) is 42.1 Å². The average Bonchev–Trinajstić information content (AvgIpc) is 3.56. The number of hydrogen-bond donors (Lipinski definition) is 1. The molecule has 12 heteroatoms. The van der Waals surface area contributed by atoms with Crippen LogP contribution in [0.15, 0.2) is 107 Å². The third kappa shape index (κ3) is 4.80. The molecule has 0 amide bonds. The van der Waals surface area contributed by atoms with Gasteiger partial charge in [-0.25, -0.2) is 9.67 Å². The smallest absolute Gasteiger partial charge is 0.283 e. The zero-order valence-corrected chi connectivity index (χ0v) is 21.4. The molecule has 0 aliphatic heterocycles. The van der Waals surface area contributed by atoms with E-state index in [1.54, 1.807) is 23.0 Å². The number of benzene rings is 3. The Morgan fingerprint density at radius 3 is 2.51 bits per heavy atom. The van der Waals surface area contributed by atoms with Gasteiger partial charge in [0.05, 0.1) is 15.3 Å². The third-order valence-electron chi connectivity index (χ3n) is 6.13. The van der Waals surface area contributed by atoms with Gasteiger partial charge in [0.1, 0.15) is 17.5 Å². The fourth-order valence-electron chi connectivity index (χ4n) is 4.23. The summed E-state index contributed by atoms with van der Waals surface area (Å²) in [6, 6.07) is 27.8. The second-order valence-corrected chi connectivity index (χ2v) is 9.61. The monoisotopic (exact) mass is 535 g/mol. The van der Waals surface area contributed by atoms with Crippen LogP contribution in [0.2, 0.25) is 0 Å². The van der Waals surface area contributed by atoms with E-state index in [1.165, 1.54) is 11.8 Å². The quantitative estimate of drug-likeness (QED) is 0.203. The van der Waals surface area contributed by atoms with Crippen LogP contribution >= 0.6 is 11.8 Å². The molecule has 0 fully saturated rings. The zero-order valence-electron chi connectivity index (χ0n) is 20.6. The van der Waals surface area contributed by atoms with Gasteiger partial charge in [-0.3, -0.25) is 10.1 Å². The molecule has 0 saturated carbocycles. The Kier molecular flexibility index (Phi) is 6.43. The highest BCUT2D eigenvalue weighted by Gasteiger charge is 2.25. The predicted molar refractivity (Wildman–Crippen MR) is 147 cm³/mol. The summed E-state index contributed by atoms with van der Waals surface area (Å²) in [5, 5.41) is 33.3. The van der Waals surface area contributed by atoms with Gasteiger partial charge < -0.3 is 9.88 Å². The maximum atomic E-state index is 12.2. The first-order valence-electron chi connectivity index (χ1n) is 12.0. The summed E-state index contributed by atoms with van der Waals surface area (Å²) in [4.78, 5) is 16.7. The maximum Gasteiger partial charge on any atom is 0.283 e. The van der Waals surface area contributed by atoms with Gasteiger partial charge in [0.25, 0.3) is 5.69 Å². The van der Waals surface area contributed by atoms with E-state index in [2.05, 4.69) is 30.8 Å². The van der Waals surface area contributed by atoms with Crippen LogP contribution in [-0.2, 0) is 7.05 Å². The van der Waals surface area contributed by atoms with Gasteiger partial charge in [0.2, 0.25) is 0 Å². The minimum atomic E-state index is -0.607. The van der Waals surface area contributed by atoms with Gasteiger partial charge >= 0.3 is 0 Å². The number of anilines is 1. The van der Waals surface area contributed by atoms with Gasteiger partial charge in [-0.2, -0.15) is 0 Å². The molecule has 0 saturated heterocycles. The van der Waals surface area contributed by atoms with Crippen LogP contribution in [-0.4, -0.2) is 39.7 Å². The summed E-state index contributed by atoms with van der Waals surface area (Å²) >= 11 is 1.19. The summed E-state index contributed by atoms with van der Waals surface area (Å²) in [7, 11) is 1.84. The molecule has 0 aliphatic carbocycles. The molecule has 3 aromatic carbocycles. The van der Waals surface area contributed by atoms with Crippen molar-refractivity contribution >= 4 is 34.3 Å². The van der Waals surface area contributed by atoms with Crippen LogP contribution in [0.25, 0.3) is 22.4 Å². The molecule has 3 aromatic heterocycles. The zero-order chi connectivity index (χ0) is 26.8. The highest BCUT2D eigenvalue weighted by atomic mass is 32.2. The SMILES string of the molecule is Cn1c(Sc2ccc([C@@H](Nc3ccccn3)n3nnc4ccccc43)cc2[N+](=O)[O-])nnc1-c1ccccc1. The molecular formula is C27H21N9O2S. The first-order chi connectivity index (χ1) is 19.1. The molecule has 0 aliphatic rings. The molecular weight excluding hydrogens is 514 g/mol. The second-order valence-electron chi connectivity index (χ2n) is 8.60. The minimum absolute atomic E-state index is 0.0565. The molecule has 11 nitrogen and oxygen atoms in total. The molecule has 0 radical (unpaired) electrons. The highest BCUT2D eigenvalue weighted by molar-refractivity contribution is 7.99. The van der Waals surface area contributed by atoms with Crippen molar-refractivity contribution in [3.63, 3.8) is 0 Å². The van der Waals surface area contributed by atoms with Crippen LogP contribution in [0.1, 0.15) is 11.7 Å². The standard InChI is InChI=1S/C27H21N9O2S/c1-34-26(18-9-3-2-4-10-18)31-32-27(34)39-23-15-14-19(17-22(23)36(37)38)25(29-24-13-7-8-16-28-24)35-21-12-6-5-11-20(21)30-33-35/h2-17,25H,1H3,(H,28,29)/t25-/m0/s1. The van der Waals surface area contributed by atoms with Crippen molar-refractivity contribution in [3.8, 4) is 11.4 Å². The van der Waals surface area contributed by atoms with E-state index in [9.17, 15) is 10.1 Å². The molecule has 0 bridgehead atoms. The molecule has 0 unspecified atom stereocenters. The maximum absolute atomic E-state index is 12.2. The normalized spacial score (nSPS) is 11.9. The lowest BCUT2D eigenvalue weighted by Crippen LogP contribution is -2.21. The van der Waals surface area contributed by atoms with Crippen molar-refractivity contribution in [2.75, 3.05) is 5.32 Å². The Morgan fingerprint density at radius 1 is 0.923 bits per heavy atom. The van der Waals surface area contributed by atoms with Crippen molar-refractivity contribution in [1.82, 2.24) is 34.7 Å². The van der Waals surface area contributed by atoms with Crippen LogP contribution in [0.4, 0.5) is 11.5 Å². The van der Waals surface area contributed by atoms with Crippen molar-refractivity contribution in [2.24, 2.45) is 7.05 Å². The van der Waals surface area contributed by atoms with E-state index in [-0.39, 0.29) is 5.69 Å². The summed E-state index contributed by atoms with van der Waals surface area (Å²) in [6.45, 7) is 0. The number of rotatable bonds is 8. The molecule has 192 valence electrons. The van der Waals surface area contributed by atoms with Gasteiger partial charge in [-0.15, -0.1) is 15.3 Å². The van der Waals surface area contributed by atoms with Crippen molar-refractivity contribution < 1.29 is 4.92 Å². The van der Waals surface area contributed by atoms with Crippen molar-refractivity contribution in [1.29, 1.82) is 0 Å². The van der Waals surface area contributed by atoms with Gasteiger partial charge in [-0.1, -0.05) is 59.8 Å². The Hall–Kier alpha value is -5.10. The summed E-state index contributed by atoms with van der Waals surface area (Å²) in [5.41, 5.74) is 2.96. The largest absolute Gasteiger partial charge is 0.345 e. The van der Waals surface area contributed by atoms with Crippen molar-refractivity contribution in [2.45, 2.75) is 16.2 Å². The highest BCUT2D eigenvalue weighted by Crippen LogP contribution is 2.37. The minimum Gasteiger partial charge on any atom is -0.345 e. The molecule has 1 atom stereocenters. The molecule has 39 heavy (non-hydrogen) atoms. The molecule has 6 aromatic rings. The van der Waals surface area contributed by atoms with E-state index in [0.717, 1.165) is 11.1 Å². The third-order valence-corrected chi connectivity index (χ3v) is 7.24. The van der Waals surface area contributed by atoms with Crippen LogP contribution in [0.5, 0.6) is 0 Å². The molecule has 6 rings (SSSR count). The number of nitro benzene ring substituents is 1. The van der Waals surface area contributed by atoms with E-state index in [1.807, 2.05) is 90.5 Å². The van der Waals surface area contributed by atoms with E-state index >= 15 is 0 Å². The van der Waals surface area contributed by atoms with Crippen LogP contribution in [0.3, 0.4) is 0 Å². The van der Waals surface area contributed by atoms with Gasteiger partial charge in [0, 0.05) is 30.4 Å². The van der Waals surface area contributed by atoms with E-state index < -0.39 is 11.1 Å². The fraction of sp³-hybridized carbons (Fsp3) is 0.0741. The van der Waals surface area contributed by atoms with Crippen molar-refractivity contribution in [3.05, 3.63) is 113 Å². The number of para-hydroxylation sites is 1. The number of aromatic nitrogens is 7. The summed E-state index contributed by atoms with van der Waals surface area (Å²) in [5.74, 6) is 1.27. The first-order valence-corrected chi connectivity index (χ1v) is 12.8. The number of nitrogens with one attached hydrogen (secondary N) is 1. The lowest BCUT2D eigenvalue weighted by molar-refractivity contribution is -0.387. The Bertz CT molecular complexity index is 1770. The predicted octanol–water partition coefficient (Wildman–Crippen LogP) is 5.34. The van der Waals surface area contributed by atoms with Gasteiger partial charge in [0.15, 0.2) is 11.0 Å².